The second-order valence-electron chi connectivity index (χ2n) is 5.91. The second-order valence-corrected chi connectivity index (χ2v) is 5.91. The molecular weight excluding hydrogens is 282 g/mol. The van der Waals surface area contributed by atoms with Crippen LogP contribution in [0.15, 0.2) is 17.1 Å². The fourth-order valence-corrected chi connectivity index (χ4v) is 2.54. The van der Waals surface area contributed by atoms with E-state index in [2.05, 4.69) is 15.3 Å². The summed E-state index contributed by atoms with van der Waals surface area (Å²) in [5, 5.41) is 7.05. The molecule has 122 valence electrons. The van der Waals surface area contributed by atoms with Crippen molar-refractivity contribution in [2.75, 3.05) is 44.7 Å². The summed E-state index contributed by atoms with van der Waals surface area (Å²) in [4.78, 5) is 27.5. The SMILES string of the molecule is CCN(C)CC(=O)NC[C@@H]1CCN(c2cnn(C)c(=O)c2)C1. The van der Waals surface area contributed by atoms with Gasteiger partial charge in [-0.25, -0.2) is 4.68 Å². The number of aryl methyl sites for hydroxylation is 1. The van der Waals surface area contributed by atoms with Gasteiger partial charge in [-0.05, 0) is 25.9 Å². The maximum Gasteiger partial charge on any atom is 0.268 e. The molecule has 1 aromatic rings. The third kappa shape index (κ3) is 4.30. The highest BCUT2D eigenvalue weighted by Crippen LogP contribution is 2.21. The van der Waals surface area contributed by atoms with Crippen molar-refractivity contribution in [3.8, 4) is 0 Å². The lowest BCUT2D eigenvalue weighted by atomic mass is 10.1. The molecule has 2 heterocycles. The number of amides is 1. The Morgan fingerprint density at radius 2 is 2.32 bits per heavy atom. The molecule has 0 spiro atoms. The van der Waals surface area contributed by atoms with Gasteiger partial charge in [-0.3, -0.25) is 14.5 Å². The number of hydrogen-bond acceptors (Lipinski definition) is 5. The number of aromatic nitrogens is 2. The van der Waals surface area contributed by atoms with Gasteiger partial charge >= 0.3 is 0 Å². The van der Waals surface area contributed by atoms with Crippen LogP contribution in [0.25, 0.3) is 0 Å². The first-order valence-electron chi connectivity index (χ1n) is 7.73. The van der Waals surface area contributed by atoms with E-state index in [1.807, 2.05) is 18.9 Å². The van der Waals surface area contributed by atoms with E-state index >= 15 is 0 Å². The number of likely N-dealkylation sites (N-methyl/N-ethyl adjacent to an activating group) is 1. The molecule has 0 aromatic carbocycles. The summed E-state index contributed by atoms with van der Waals surface area (Å²) in [7, 11) is 3.57. The molecule has 0 bridgehead atoms. The zero-order chi connectivity index (χ0) is 16.1. The van der Waals surface area contributed by atoms with Crippen LogP contribution >= 0.6 is 0 Å². The van der Waals surface area contributed by atoms with Crippen molar-refractivity contribution in [2.45, 2.75) is 13.3 Å². The van der Waals surface area contributed by atoms with Gasteiger partial charge in [0.15, 0.2) is 0 Å². The van der Waals surface area contributed by atoms with Crippen LogP contribution < -0.4 is 15.8 Å². The lowest BCUT2D eigenvalue weighted by molar-refractivity contribution is -0.122. The van der Waals surface area contributed by atoms with Crippen LogP contribution in [-0.2, 0) is 11.8 Å². The molecule has 1 aromatic heterocycles. The van der Waals surface area contributed by atoms with Crippen LogP contribution in [0.3, 0.4) is 0 Å². The fraction of sp³-hybridized carbons (Fsp3) is 0.667. The summed E-state index contributed by atoms with van der Waals surface area (Å²) < 4.78 is 1.32. The predicted molar refractivity (Wildman–Crippen MR) is 86.0 cm³/mol. The summed E-state index contributed by atoms with van der Waals surface area (Å²) in [6, 6.07) is 1.62. The highest BCUT2D eigenvalue weighted by molar-refractivity contribution is 5.77. The Balaban J connectivity index is 1.81. The number of nitrogens with one attached hydrogen (secondary N) is 1. The number of rotatable bonds is 6. The van der Waals surface area contributed by atoms with Crippen molar-refractivity contribution >= 4 is 11.6 Å². The van der Waals surface area contributed by atoms with Crippen LogP contribution in [0.4, 0.5) is 5.69 Å². The monoisotopic (exact) mass is 307 g/mol. The van der Waals surface area contributed by atoms with Crippen molar-refractivity contribution in [1.82, 2.24) is 20.0 Å². The van der Waals surface area contributed by atoms with E-state index in [1.54, 1.807) is 19.3 Å². The number of nitrogens with zero attached hydrogens (tertiary/aromatic N) is 4. The van der Waals surface area contributed by atoms with Gasteiger partial charge in [0.2, 0.25) is 5.91 Å². The maximum absolute atomic E-state index is 11.8. The van der Waals surface area contributed by atoms with Gasteiger partial charge in [0, 0.05) is 32.7 Å². The second kappa shape index (κ2) is 7.40. The third-order valence-corrected chi connectivity index (χ3v) is 4.15. The molecule has 7 heteroatoms. The summed E-state index contributed by atoms with van der Waals surface area (Å²) in [5.74, 6) is 0.484. The molecule has 1 fully saturated rings. The van der Waals surface area contributed by atoms with Crippen molar-refractivity contribution in [3.05, 3.63) is 22.6 Å². The Morgan fingerprint density at radius 3 is 3.00 bits per heavy atom. The predicted octanol–water partition coefficient (Wildman–Crippen LogP) is -0.325. The van der Waals surface area contributed by atoms with E-state index < -0.39 is 0 Å². The summed E-state index contributed by atoms with van der Waals surface area (Å²) >= 11 is 0. The van der Waals surface area contributed by atoms with E-state index in [4.69, 9.17) is 0 Å². The van der Waals surface area contributed by atoms with E-state index in [0.29, 0.717) is 19.0 Å². The summed E-state index contributed by atoms with van der Waals surface area (Å²) in [6.45, 7) is 5.75. The molecule has 0 radical (unpaired) electrons. The molecule has 2 rings (SSSR count). The molecule has 1 N–H and O–H groups in total. The summed E-state index contributed by atoms with van der Waals surface area (Å²) in [6.07, 6.45) is 2.73. The van der Waals surface area contributed by atoms with Crippen molar-refractivity contribution in [2.24, 2.45) is 13.0 Å². The molecular formula is C15H25N5O2. The minimum absolute atomic E-state index is 0.0676. The van der Waals surface area contributed by atoms with E-state index in [-0.39, 0.29) is 11.5 Å². The lowest BCUT2D eigenvalue weighted by Gasteiger charge is -2.19. The highest BCUT2D eigenvalue weighted by Gasteiger charge is 2.23. The van der Waals surface area contributed by atoms with Gasteiger partial charge in [0.05, 0.1) is 18.4 Å². The standard InChI is InChI=1S/C15H25N5O2/c1-4-18(2)11-14(21)16-8-12-5-6-20(10-12)13-7-15(22)19(3)17-9-13/h7,9,12H,4-6,8,10-11H2,1-3H3,(H,16,21)/t12-/m0/s1. The first-order valence-corrected chi connectivity index (χ1v) is 7.73. The minimum Gasteiger partial charge on any atom is -0.370 e. The first kappa shape index (κ1) is 16.5. The van der Waals surface area contributed by atoms with Crippen LogP contribution in [0.5, 0.6) is 0 Å². The Kier molecular flexibility index (Phi) is 5.54. The quantitative estimate of drug-likeness (QED) is 0.779. The molecule has 1 aliphatic rings. The summed E-state index contributed by atoms with van der Waals surface area (Å²) in [5.41, 5.74) is 0.763. The van der Waals surface area contributed by atoms with Crippen LogP contribution in [0, 0.1) is 5.92 Å². The molecule has 1 saturated heterocycles. The normalized spacial score (nSPS) is 18.0. The van der Waals surface area contributed by atoms with Crippen molar-refractivity contribution < 1.29 is 4.79 Å². The van der Waals surface area contributed by atoms with Gasteiger partial charge < -0.3 is 10.2 Å². The zero-order valence-corrected chi connectivity index (χ0v) is 13.6. The molecule has 1 atom stereocenters. The van der Waals surface area contributed by atoms with E-state index in [9.17, 15) is 9.59 Å². The third-order valence-electron chi connectivity index (χ3n) is 4.15. The van der Waals surface area contributed by atoms with Gasteiger partial charge in [0.25, 0.3) is 5.56 Å². The Hall–Kier alpha value is -1.89. The fourth-order valence-electron chi connectivity index (χ4n) is 2.54. The molecule has 0 aliphatic carbocycles. The topological polar surface area (TPSA) is 70.5 Å². The van der Waals surface area contributed by atoms with Crippen LogP contribution in [-0.4, -0.2) is 60.4 Å². The van der Waals surface area contributed by atoms with E-state index in [1.165, 1.54) is 4.68 Å². The average molecular weight is 307 g/mol. The van der Waals surface area contributed by atoms with Crippen LogP contribution in [0.1, 0.15) is 13.3 Å². The van der Waals surface area contributed by atoms with Gasteiger partial charge in [-0.15, -0.1) is 0 Å². The number of carbonyl (C=O) groups excluding carboxylic acids is 1. The van der Waals surface area contributed by atoms with Crippen molar-refractivity contribution in [1.29, 1.82) is 0 Å². The highest BCUT2D eigenvalue weighted by atomic mass is 16.2. The smallest absolute Gasteiger partial charge is 0.268 e. The Morgan fingerprint density at radius 1 is 1.55 bits per heavy atom. The molecule has 1 amide bonds. The Bertz CT molecular complexity index is 571. The minimum atomic E-state index is -0.100. The lowest BCUT2D eigenvalue weighted by Crippen LogP contribution is -2.38. The number of hydrogen-bond donors (Lipinski definition) is 1. The number of carbonyl (C=O) groups is 1. The average Bonchev–Trinajstić information content (AvgIpc) is 2.96. The molecule has 1 aliphatic heterocycles. The number of anilines is 1. The molecule has 0 unspecified atom stereocenters. The molecule has 7 nitrogen and oxygen atoms in total. The molecule has 22 heavy (non-hydrogen) atoms. The first-order chi connectivity index (χ1) is 10.5. The van der Waals surface area contributed by atoms with Crippen molar-refractivity contribution in [3.63, 3.8) is 0 Å². The van der Waals surface area contributed by atoms with E-state index in [0.717, 1.165) is 31.7 Å². The zero-order valence-electron chi connectivity index (χ0n) is 13.6. The van der Waals surface area contributed by atoms with Gasteiger partial charge in [-0.2, -0.15) is 5.10 Å². The van der Waals surface area contributed by atoms with Crippen LogP contribution in [0.2, 0.25) is 0 Å². The maximum atomic E-state index is 11.8. The Labute approximate surface area is 130 Å². The largest absolute Gasteiger partial charge is 0.370 e. The van der Waals surface area contributed by atoms with Gasteiger partial charge in [0.1, 0.15) is 0 Å². The van der Waals surface area contributed by atoms with Gasteiger partial charge in [-0.1, -0.05) is 6.92 Å². The molecule has 0 saturated carbocycles.